The van der Waals surface area contributed by atoms with Crippen molar-refractivity contribution in [3.63, 3.8) is 0 Å². The summed E-state index contributed by atoms with van der Waals surface area (Å²) < 4.78 is 4.74. The molecule has 6 heteroatoms. The van der Waals surface area contributed by atoms with Gasteiger partial charge in [0.1, 0.15) is 18.3 Å². The summed E-state index contributed by atoms with van der Waals surface area (Å²) in [6, 6.07) is 0. The van der Waals surface area contributed by atoms with Crippen LogP contribution in [0.25, 0.3) is 0 Å². The van der Waals surface area contributed by atoms with E-state index in [0.29, 0.717) is 0 Å². The minimum atomic E-state index is -1.24. The topological polar surface area (TPSA) is 110 Å². The second kappa shape index (κ2) is 7.19. The van der Waals surface area contributed by atoms with Gasteiger partial charge >= 0.3 is 0 Å². The smallest absolute Gasteiger partial charge is 0.105 e. The maximum atomic E-state index is 9.02. The van der Waals surface area contributed by atoms with Crippen molar-refractivity contribution in [2.75, 3.05) is 26.4 Å². The molecule has 0 saturated carbocycles. The molecule has 0 spiro atoms. The molecule has 0 aliphatic carbocycles. The van der Waals surface area contributed by atoms with E-state index in [4.69, 9.17) is 30.3 Å². The first-order valence-corrected chi connectivity index (χ1v) is 3.95. The van der Waals surface area contributed by atoms with E-state index < -0.39 is 31.5 Å². The molecule has 0 amide bonds. The van der Waals surface area contributed by atoms with Crippen LogP contribution < -0.4 is 0 Å². The largest absolute Gasteiger partial charge is 0.394 e. The molecule has 0 radical (unpaired) electrons. The third-order valence-electron chi connectivity index (χ3n) is 1.44. The van der Waals surface area contributed by atoms with Gasteiger partial charge in [-0.1, -0.05) is 0 Å². The summed E-state index contributed by atoms with van der Waals surface area (Å²) in [7, 11) is 0. The Kier molecular flexibility index (Phi) is 7.06. The quantitative estimate of drug-likeness (QED) is 0.298. The number of hydrogen-bond acceptors (Lipinski definition) is 6. The maximum absolute atomic E-state index is 9.02. The highest BCUT2D eigenvalue weighted by Crippen LogP contribution is 1.94. The zero-order valence-corrected chi connectivity index (χ0v) is 7.20. The fourth-order valence-electron chi connectivity index (χ4n) is 0.610. The first kappa shape index (κ1) is 12.8. The fourth-order valence-corrected chi connectivity index (χ4v) is 0.610. The first-order valence-electron chi connectivity index (χ1n) is 3.95. The van der Waals surface area contributed by atoms with Crippen LogP contribution in [0.4, 0.5) is 0 Å². The lowest BCUT2D eigenvalue weighted by Gasteiger charge is -2.16. The van der Waals surface area contributed by atoms with Crippen molar-refractivity contribution in [1.29, 1.82) is 0 Å². The normalized spacial score (nSPS) is 18.2. The molecule has 0 aromatic heterocycles. The van der Waals surface area contributed by atoms with Gasteiger partial charge < -0.3 is 30.3 Å². The van der Waals surface area contributed by atoms with Crippen LogP contribution in [0.1, 0.15) is 0 Å². The molecule has 0 bridgehead atoms. The highest BCUT2D eigenvalue weighted by molar-refractivity contribution is 4.64. The summed E-state index contributed by atoms with van der Waals surface area (Å²) in [5.74, 6) is 0. The molecule has 0 saturated heterocycles. The van der Waals surface area contributed by atoms with Crippen LogP contribution >= 0.6 is 0 Å². The molecule has 5 N–H and O–H groups in total. The summed E-state index contributed by atoms with van der Waals surface area (Å²) in [6.07, 6.45) is -3.42. The van der Waals surface area contributed by atoms with E-state index in [1.165, 1.54) is 0 Å². The number of hydrogen-bond donors (Lipinski definition) is 5. The second-order valence-corrected chi connectivity index (χ2v) is 2.69. The van der Waals surface area contributed by atoms with Gasteiger partial charge in [0.15, 0.2) is 0 Å². The lowest BCUT2D eigenvalue weighted by atomic mass is 10.2. The molecular formula is C7H16O6. The van der Waals surface area contributed by atoms with Gasteiger partial charge in [-0.2, -0.15) is 0 Å². The first-order chi connectivity index (χ1) is 6.11. The SMILES string of the molecule is OCC(O)COC[C@H](O)[C@H](O)CO. The van der Waals surface area contributed by atoms with Crippen molar-refractivity contribution in [3.05, 3.63) is 0 Å². The Labute approximate surface area is 76.0 Å². The molecular weight excluding hydrogens is 180 g/mol. The number of rotatable bonds is 7. The van der Waals surface area contributed by atoms with E-state index >= 15 is 0 Å². The van der Waals surface area contributed by atoms with Gasteiger partial charge in [0.25, 0.3) is 0 Å². The highest BCUT2D eigenvalue weighted by Gasteiger charge is 2.15. The van der Waals surface area contributed by atoms with E-state index in [1.807, 2.05) is 0 Å². The highest BCUT2D eigenvalue weighted by atomic mass is 16.5. The van der Waals surface area contributed by atoms with Gasteiger partial charge in [0.2, 0.25) is 0 Å². The predicted molar refractivity (Wildman–Crippen MR) is 43.0 cm³/mol. The average Bonchev–Trinajstić information content (AvgIpc) is 2.15. The molecule has 0 aliphatic heterocycles. The van der Waals surface area contributed by atoms with E-state index in [2.05, 4.69) is 0 Å². The van der Waals surface area contributed by atoms with E-state index in [-0.39, 0.29) is 13.2 Å². The van der Waals surface area contributed by atoms with Crippen molar-refractivity contribution in [2.24, 2.45) is 0 Å². The standard InChI is InChI=1S/C7H16O6/c8-1-5(10)3-13-4-7(12)6(11)2-9/h5-12H,1-4H2/t5?,6-,7+/m1/s1. The van der Waals surface area contributed by atoms with Crippen molar-refractivity contribution >= 4 is 0 Å². The van der Waals surface area contributed by atoms with Crippen molar-refractivity contribution in [1.82, 2.24) is 0 Å². The zero-order valence-electron chi connectivity index (χ0n) is 7.20. The minimum Gasteiger partial charge on any atom is -0.394 e. The summed E-state index contributed by atoms with van der Waals surface area (Å²) >= 11 is 0. The molecule has 13 heavy (non-hydrogen) atoms. The van der Waals surface area contributed by atoms with Crippen molar-refractivity contribution < 1.29 is 30.3 Å². The Morgan fingerprint density at radius 2 is 1.46 bits per heavy atom. The molecule has 0 fully saturated rings. The third kappa shape index (κ3) is 5.92. The number of ether oxygens (including phenoxy) is 1. The number of aliphatic hydroxyl groups is 5. The molecule has 3 atom stereocenters. The second-order valence-electron chi connectivity index (χ2n) is 2.69. The third-order valence-corrected chi connectivity index (χ3v) is 1.44. The number of aliphatic hydroxyl groups excluding tert-OH is 5. The Morgan fingerprint density at radius 1 is 0.846 bits per heavy atom. The molecule has 0 aromatic carbocycles. The predicted octanol–water partition coefficient (Wildman–Crippen LogP) is -2.93. The monoisotopic (exact) mass is 196 g/mol. The van der Waals surface area contributed by atoms with Gasteiger partial charge in [-0.3, -0.25) is 0 Å². The van der Waals surface area contributed by atoms with Gasteiger partial charge in [-0.25, -0.2) is 0 Å². The zero-order chi connectivity index (χ0) is 10.3. The average molecular weight is 196 g/mol. The maximum Gasteiger partial charge on any atom is 0.105 e. The summed E-state index contributed by atoms with van der Waals surface area (Å²) in [5, 5.41) is 43.5. The molecule has 0 aliphatic rings. The Bertz CT molecular complexity index is 120. The molecule has 6 nitrogen and oxygen atoms in total. The van der Waals surface area contributed by atoms with E-state index in [9.17, 15) is 0 Å². The summed E-state index contributed by atoms with van der Waals surface area (Å²) in [6.45, 7) is -1.28. The molecule has 1 unspecified atom stereocenters. The molecule has 0 heterocycles. The van der Waals surface area contributed by atoms with Crippen molar-refractivity contribution in [3.8, 4) is 0 Å². The lowest BCUT2D eigenvalue weighted by molar-refractivity contribution is -0.0737. The Morgan fingerprint density at radius 3 is 1.92 bits per heavy atom. The van der Waals surface area contributed by atoms with Gasteiger partial charge in [-0.05, 0) is 0 Å². The molecule has 80 valence electrons. The van der Waals surface area contributed by atoms with Crippen molar-refractivity contribution in [2.45, 2.75) is 18.3 Å². The fraction of sp³-hybridized carbons (Fsp3) is 1.00. The lowest BCUT2D eigenvalue weighted by Crippen LogP contribution is -2.34. The van der Waals surface area contributed by atoms with Crippen LogP contribution in [-0.2, 0) is 4.74 Å². The van der Waals surface area contributed by atoms with Gasteiger partial charge in [-0.15, -0.1) is 0 Å². The van der Waals surface area contributed by atoms with E-state index in [1.54, 1.807) is 0 Å². The van der Waals surface area contributed by atoms with Crippen LogP contribution in [0.3, 0.4) is 0 Å². The summed E-state index contributed by atoms with van der Waals surface area (Å²) in [5.41, 5.74) is 0. The van der Waals surface area contributed by atoms with Gasteiger partial charge in [0.05, 0.1) is 26.4 Å². The van der Waals surface area contributed by atoms with E-state index in [0.717, 1.165) is 0 Å². The van der Waals surface area contributed by atoms with Crippen LogP contribution in [0.2, 0.25) is 0 Å². The van der Waals surface area contributed by atoms with Crippen LogP contribution in [0.15, 0.2) is 0 Å². The summed E-state index contributed by atoms with van der Waals surface area (Å²) in [4.78, 5) is 0. The van der Waals surface area contributed by atoms with Crippen LogP contribution in [-0.4, -0.2) is 70.3 Å². The molecule has 0 rings (SSSR count). The Balaban J connectivity index is 3.41. The Hall–Kier alpha value is -0.240. The van der Waals surface area contributed by atoms with Gasteiger partial charge in [0, 0.05) is 0 Å². The molecule has 0 aromatic rings. The van der Waals surface area contributed by atoms with Crippen LogP contribution in [0, 0.1) is 0 Å². The van der Waals surface area contributed by atoms with Crippen LogP contribution in [0.5, 0.6) is 0 Å². The minimum absolute atomic E-state index is 0.119.